The highest BCUT2D eigenvalue weighted by atomic mass is 28.4. The zero-order valence-corrected chi connectivity index (χ0v) is 38.0. The summed E-state index contributed by atoms with van der Waals surface area (Å²) >= 11 is 0. The first-order chi connectivity index (χ1) is 22.8. The zero-order valence-electron chi connectivity index (χ0n) is 36.0. The van der Waals surface area contributed by atoms with Gasteiger partial charge in [-0.1, -0.05) is 132 Å². The molecule has 7 heteroatoms. The Bertz CT molecular complexity index is 1100. The standard InChI is InChI=1S/C43H83NO4Si2/c1-19-20-24-32(3)39(46)36(7)41(48-50(17,18)43(11,12)13)34(5)28-31(2)27-33(4)40(47-49(15,16)42(8,9)10)35(6)30-44(14)38(45)29-37-25-22-21-23-26-37/h19-20,24,27,32-37,39-41,46H,1,21-23,25-26,28-30H2,2-18H3/b24-20-,31-27-/t32-,33-,34-,35-,36+,39-,40-,41+/m0/s1. The Morgan fingerprint density at radius 3 is 1.84 bits per heavy atom. The van der Waals surface area contributed by atoms with Gasteiger partial charge in [-0.05, 0) is 86.1 Å². The molecule has 1 saturated carbocycles. The van der Waals surface area contributed by atoms with Crippen molar-refractivity contribution in [3.05, 3.63) is 36.5 Å². The van der Waals surface area contributed by atoms with Gasteiger partial charge in [0.15, 0.2) is 16.6 Å². The second kappa shape index (κ2) is 19.9. The summed E-state index contributed by atoms with van der Waals surface area (Å²) in [6.45, 7) is 41.0. The van der Waals surface area contributed by atoms with Gasteiger partial charge in [0.1, 0.15) is 0 Å². The predicted octanol–water partition coefficient (Wildman–Crippen LogP) is 11.8. The van der Waals surface area contributed by atoms with E-state index in [-0.39, 0.29) is 57.8 Å². The maximum atomic E-state index is 13.4. The lowest BCUT2D eigenvalue weighted by molar-refractivity contribution is -0.132. The predicted molar refractivity (Wildman–Crippen MR) is 223 cm³/mol. The number of carbonyl (C=O) groups is 1. The van der Waals surface area contributed by atoms with E-state index in [2.05, 4.69) is 122 Å². The molecule has 5 nitrogen and oxygen atoms in total. The topological polar surface area (TPSA) is 59.0 Å². The molecule has 0 bridgehead atoms. The monoisotopic (exact) mass is 734 g/mol. The van der Waals surface area contributed by atoms with Crippen LogP contribution in [0.4, 0.5) is 0 Å². The molecule has 0 aromatic rings. The van der Waals surface area contributed by atoms with Crippen molar-refractivity contribution in [3.63, 3.8) is 0 Å². The van der Waals surface area contributed by atoms with Crippen LogP contribution in [0.3, 0.4) is 0 Å². The van der Waals surface area contributed by atoms with Crippen molar-refractivity contribution in [1.82, 2.24) is 4.90 Å². The van der Waals surface area contributed by atoms with Crippen molar-refractivity contribution in [2.75, 3.05) is 13.6 Å². The molecule has 0 aromatic carbocycles. The van der Waals surface area contributed by atoms with Crippen molar-refractivity contribution < 1.29 is 18.8 Å². The second-order valence-electron chi connectivity index (χ2n) is 19.5. The van der Waals surface area contributed by atoms with Crippen LogP contribution >= 0.6 is 0 Å². The van der Waals surface area contributed by atoms with Crippen LogP contribution in [0.1, 0.15) is 128 Å². The molecule has 0 aliphatic heterocycles. The quantitative estimate of drug-likeness (QED) is 0.0816. The molecule has 0 unspecified atom stereocenters. The first-order valence-electron chi connectivity index (χ1n) is 20.0. The van der Waals surface area contributed by atoms with E-state index < -0.39 is 22.7 Å². The maximum absolute atomic E-state index is 13.4. The fourth-order valence-electron chi connectivity index (χ4n) is 7.23. The van der Waals surface area contributed by atoms with Crippen molar-refractivity contribution >= 4 is 22.5 Å². The van der Waals surface area contributed by atoms with Gasteiger partial charge in [0.2, 0.25) is 5.91 Å². The molecule has 0 heterocycles. The number of aliphatic hydroxyl groups is 1. The van der Waals surface area contributed by atoms with Gasteiger partial charge >= 0.3 is 0 Å². The molecular formula is C43H83NO4Si2. The third-order valence-electron chi connectivity index (χ3n) is 12.6. The zero-order chi connectivity index (χ0) is 38.8. The largest absolute Gasteiger partial charge is 0.413 e. The lowest BCUT2D eigenvalue weighted by Crippen LogP contribution is -2.50. The second-order valence-corrected chi connectivity index (χ2v) is 29.0. The average Bonchev–Trinajstić information content (AvgIpc) is 2.99. The van der Waals surface area contributed by atoms with E-state index in [9.17, 15) is 9.90 Å². The van der Waals surface area contributed by atoms with Crippen LogP contribution in [-0.4, -0.2) is 64.5 Å². The van der Waals surface area contributed by atoms with Crippen molar-refractivity contribution in [2.45, 2.75) is 183 Å². The van der Waals surface area contributed by atoms with E-state index in [0.29, 0.717) is 18.9 Å². The Labute approximate surface area is 313 Å². The SMILES string of the molecule is C=C/C=C\[C@H](C)[C@H](O)[C@@H](C)[C@H](O[Si](C)(C)C(C)(C)C)[C@@H](C)C/C(C)=C\[C@H](C)[C@H](O[Si](C)(C)C(C)(C)C)[C@@H](C)CN(C)C(=O)CC1CCCCC1. The lowest BCUT2D eigenvalue weighted by atomic mass is 9.81. The highest BCUT2D eigenvalue weighted by molar-refractivity contribution is 6.74. The number of amides is 1. The lowest BCUT2D eigenvalue weighted by Gasteiger charge is -2.44. The summed E-state index contributed by atoms with van der Waals surface area (Å²) in [5.41, 5.74) is 1.33. The summed E-state index contributed by atoms with van der Waals surface area (Å²) in [4.78, 5) is 15.3. The van der Waals surface area contributed by atoms with Gasteiger partial charge in [-0.15, -0.1) is 0 Å². The minimum absolute atomic E-state index is 0.000197. The molecule has 1 aliphatic carbocycles. The number of carbonyl (C=O) groups excluding carboxylic acids is 1. The van der Waals surface area contributed by atoms with Crippen LogP contribution in [0.25, 0.3) is 0 Å². The highest BCUT2D eigenvalue weighted by Gasteiger charge is 2.44. The molecule has 0 radical (unpaired) electrons. The highest BCUT2D eigenvalue weighted by Crippen LogP contribution is 2.42. The molecule has 0 aromatic heterocycles. The minimum atomic E-state index is -2.11. The molecule has 1 rings (SSSR count). The summed E-state index contributed by atoms with van der Waals surface area (Å²) in [5, 5.41) is 11.7. The fourth-order valence-corrected chi connectivity index (χ4v) is 10.2. The maximum Gasteiger partial charge on any atom is 0.222 e. The van der Waals surface area contributed by atoms with Crippen molar-refractivity contribution in [3.8, 4) is 0 Å². The van der Waals surface area contributed by atoms with Crippen LogP contribution in [0.5, 0.6) is 0 Å². The minimum Gasteiger partial charge on any atom is -0.413 e. The summed E-state index contributed by atoms with van der Waals surface area (Å²) in [6.07, 6.45) is 15.3. The Morgan fingerprint density at radius 2 is 1.36 bits per heavy atom. The molecule has 0 spiro atoms. The summed E-state index contributed by atoms with van der Waals surface area (Å²) in [7, 11) is -2.21. The molecule has 0 saturated heterocycles. The van der Waals surface area contributed by atoms with Gasteiger partial charge in [0.25, 0.3) is 0 Å². The number of allylic oxidation sites excluding steroid dienone is 3. The van der Waals surface area contributed by atoms with Gasteiger partial charge in [-0.25, -0.2) is 0 Å². The third-order valence-corrected chi connectivity index (χ3v) is 21.6. The van der Waals surface area contributed by atoms with E-state index in [1.54, 1.807) is 6.08 Å². The first kappa shape index (κ1) is 47.0. The van der Waals surface area contributed by atoms with Crippen molar-refractivity contribution in [2.24, 2.45) is 35.5 Å². The Kier molecular flexibility index (Phi) is 18.7. The van der Waals surface area contributed by atoms with Crippen LogP contribution in [0.2, 0.25) is 36.3 Å². The van der Waals surface area contributed by atoms with Crippen LogP contribution < -0.4 is 0 Å². The van der Waals surface area contributed by atoms with Gasteiger partial charge in [-0.3, -0.25) is 4.79 Å². The molecule has 1 amide bonds. The van der Waals surface area contributed by atoms with Crippen LogP contribution in [0.15, 0.2) is 36.5 Å². The molecule has 8 atom stereocenters. The van der Waals surface area contributed by atoms with Gasteiger partial charge in [0, 0.05) is 31.8 Å². The molecule has 292 valence electrons. The average molecular weight is 734 g/mol. The summed E-state index contributed by atoms with van der Waals surface area (Å²) < 4.78 is 14.4. The third kappa shape index (κ3) is 14.4. The van der Waals surface area contributed by atoms with Gasteiger partial charge < -0.3 is 18.9 Å². The van der Waals surface area contributed by atoms with E-state index in [1.807, 2.05) is 24.1 Å². The number of nitrogens with zero attached hydrogens (tertiary/aromatic N) is 1. The molecule has 50 heavy (non-hydrogen) atoms. The number of rotatable bonds is 19. The van der Waals surface area contributed by atoms with Gasteiger partial charge in [0.05, 0.1) is 18.3 Å². The molecular weight excluding hydrogens is 651 g/mol. The summed E-state index contributed by atoms with van der Waals surface area (Å²) in [6, 6.07) is 0. The van der Waals surface area contributed by atoms with E-state index in [1.165, 1.54) is 37.7 Å². The molecule has 1 N–H and O–H groups in total. The van der Waals surface area contributed by atoms with Crippen LogP contribution in [-0.2, 0) is 13.6 Å². The Morgan fingerprint density at radius 1 is 0.860 bits per heavy atom. The normalized spacial score (nSPS) is 20.9. The molecule has 1 fully saturated rings. The van der Waals surface area contributed by atoms with Gasteiger partial charge in [-0.2, -0.15) is 0 Å². The smallest absolute Gasteiger partial charge is 0.222 e. The van der Waals surface area contributed by atoms with Crippen LogP contribution in [0, 0.1) is 35.5 Å². The number of hydrogen-bond acceptors (Lipinski definition) is 4. The first-order valence-corrected chi connectivity index (χ1v) is 25.8. The van der Waals surface area contributed by atoms with E-state index >= 15 is 0 Å². The number of aliphatic hydroxyl groups excluding tert-OH is 1. The Hall–Kier alpha value is -0.996. The Balaban J connectivity index is 3.34. The van der Waals surface area contributed by atoms with Crippen molar-refractivity contribution in [1.29, 1.82) is 0 Å². The fraction of sp³-hybridized carbons (Fsp3) is 0.837. The summed E-state index contributed by atoms with van der Waals surface area (Å²) in [5.74, 6) is 1.37. The number of hydrogen-bond donors (Lipinski definition) is 1. The van der Waals surface area contributed by atoms with E-state index in [4.69, 9.17) is 8.85 Å². The molecule has 1 aliphatic rings. The van der Waals surface area contributed by atoms with E-state index in [0.717, 1.165) is 6.42 Å².